The Morgan fingerprint density at radius 2 is 2.00 bits per heavy atom. The Bertz CT molecular complexity index is 155. The Morgan fingerprint density at radius 3 is 2.69 bits per heavy atom. The number of nitrogens with zero attached hydrogens (tertiary/aromatic N) is 1. The van der Waals surface area contributed by atoms with E-state index in [9.17, 15) is 0 Å². The van der Waals surface area contributed by atoms with Gasteiger partial charge in [0, 0.05) is 19.6 Å². The predicted octanol–water partition coefficient (Wildman–Crippen LogP) is 1.47. The highest BCUT2D eigenvalue weighted by Gasteiger charge is 2.33. The minimum Gasteiger partial charge on any atom is -0.315 e. The average molecular weight is 182 g/mol. The van der Waals surface area contributed by atoms with Crippen molar-refractivity contribution in [2.45, 2.75) is 32.6 Å². The number of rotatable bonds is 2. The first-order chi connectivity index (χ1) is 6.29. The molecule has 0 spiro atoms. The third kappa shape index (κ3) is 2.44. The highest BCUT2D eigenvalue weighted by atomic mass is 15.2. The van der Waals surface area contributed by atoms with Crippen LogP contribution in [0.2, 0.25) is 0 Å². The van der Waals surface area contributed by atoms with Crippen molar-refractivity contribution >= 4 is 0 Å². The van der Waals surface area contributed by atoms with Crippen molar-refractivity contribution in [2.75, 3.05) is 32.7 Å². The highest BCUT2D eigenvalue weighted by Crippen LogP contribution is 2.40. The van der Waals surface area contributed by atoms with Gasteiger partial charge < -0.3 is 10.2 Å². The van der Waals surface area contributed by atoms with Gasteiger partial charge in [0.15, 0.2) is 0 Å². The number of hydrogen-bond donors (Lipinski definition) is 1. The van der Waals surface area contributed by atoms with Crippen LogP contribution in [-0.4, -0.2) is 37.6 Å². The van der Waals surface area contributed by atoms with E-state index in [1.807, 2.05) is 0 Å². The van der Waals surface area contributed by atoms with Gasteiger partial charge in [0.05, 0.1) is 0 Å². The molecule has 0 atom stereocenters. The molecule has 2 fully saturated rings. The third-order valence-corrected chi connectivity index (χ3v) is 3.60. The van der Waals surface area contributed by atoms with Crippen molar-refractivity contribution in [3.63, 3.8) is 0 Å². The molecule has 0 aromatic heterocycles. The van der Waals surface area contributed by atoms with Crippen LogP contribution in [0.3, 0.4) is 0 Å². The first-order valence-corrected chi connectivity index (χ1v) is 5.72. The molecule has 1 aliphatic heterocycles. The molecule has 0 radical (unpaired) electrons. The molecule has 13 heavy (non-hydrogen) atoms. The van der Waals surface area contributed by atoms with Gasteiger partial charge in [0.1, 0.15) is 0 Å². The fourth-order valence-electron chi connectivity index (χ4n) is 2.54. The van der Waals surface area contributed by atoms with Gasteiger partial charge in [-0.25, -0.2) is 0 Å². The summed E-state index contributed by atoms with van der Waals surface area (Å²) in [6.45, 7) is 8.77. The van der Waals surface area contributed by atoms with Crippen LogP contribution in [0.15, 0.2) is 0 Å². The molecular weight excluding hydrogens is 160 g/mol. The average Bonchev–Trinajstić information content (AvgIpc) is 2.30. The molecule has 2 heteroatoms. The fraction of sp³-hybridized carbons (Fsp3) is 1.00. The summed E-state index contributed by atoms with van der Waals surface area (Å²) in [7, 11) is 0. The second-order valence-corrected chi connectivity index (χ2v) is 5.04. The minimum atomic E-state index is 0.671. The maximum absolute atomic E-state index is 3.46. The Labute approximate surface area is 81.7 Å². The molecular formula is C11H22N2. The first-order valence-electron chi connectivity index (χ1n) is 5.72. The molecule has 76 valence electrons. The number of hydrogen-bond acceptors (Lipinski definition) is 2. The van der Waals surface area contributed by atoms with E-state index in [0.29, 0.717) is 5.41 Å². The molecule has 2 aliphatic rings. The van der Waals surface area contributed by atoms with Gasteiger partial charge in [-0.2, -0.15) is 0 Å². The summed E-state index contributed by atoms with van der Waals surface area (Å²) in [5.41, 5.74) is 0.671. The van der Waals surface area contributed by atoms with Crippen LogP contribution < -0.4 is 5.32 Å². The van der Waals surface area contributed by atoms with Crippen molar-refractivity contribution in [3.05, 3.63) is 0 Å². The highest BCUT2D eigenvalue weighted by molar-refractivity contribution is 4.86. The second-order valence-electron chi connectivity index (χ2n) is 5.04. The largest absolute Gasteiger partial charge is 0.315 e. The molecule has 0 aromatic rings. The Hall–Kier alpha value is -0.0800. The predicted molar refractivity (Wildman–Crippen MR) is 55.9 cm³/mol. The van der Waals surface area contributed by atoms with Gasteiger partial charge in [0.25, 0.3) is 0 Å². The maximum atomic E-state index is 3.46. The summed E-state index contributed by atoms with van der Waals surface area (Å²) in [5.74, 6) is 0. The summed E-state index contributed by atoms with van der Waals surface area (Å²) in [4.78, 5) is 2.65. The molecule has 0 amide bonds. The van der Waals surface area contributed by atoms with Gasteiger partial charge in [-0.15, -0.1) is 0 Å². The van der Waals surface area contributed by atoms with Crippen molar-refractivity contribution < 1.29 is 0 Å². The molecule has 1 heterocycles. The van der Waals surface area contributed by atoms with Crippen molar-refractivity contribution in [3.8, 4) is 0 Å². The number of nitrogens with one attached hydrogen (secondary N) is 1. The zero-order chi connectivity index (χ0) is 9.15. The lowest BCUT2D eigenvalue weighted by Crippen LogP contribution is -2.41. The molecule has 2 nitrogen and oxygen atoms in total. The lowest BCUT2D eigenvalue weighted by Gasteiger charge is -2.42. The van der Waals surface area contributed by atoms with E-state index >= 15 is 0 Å². The van der Waals surface area contributed by atoms with E-state index in [-0.39, 0.29) is 0 Å². The van der Waals surface area contributed by atoms with Crippen LogP contribution in [0.4, 0.5) is 0 Å². The fourth-order valence-corrected chi connectivity index (χ4v) is 2.54. The topological polar surface area (TPSA) is 15.3 Å². The van der Waals surface area contributed by atoms with Crippen molar-refractivity contribution in [1.29, 1.82) is 0 Å². The van der Waals surface area contributed by atoms with Crippen LogP contribution in [0.5, 0.6) is 0 Å². The van der Waals surface area contributed by atoms with E-state index in [1.165, 1.54) is 58.4 Å². The molecule has 2 rings (SSSR count). The second kappa shape index (κ2) is 3.97. The van der Waals surface area contributed by atoms with Crippen LogP contribution in [0, 0.1) is 5.41 Å². The lowest BCUT2D eigenvalue weighted by atomic mass is 9.70. The normalized spacial score (nSPS) is 29.3. The van der Waals surface area contributed by atoms with Crippen LogP contribution in [-0.2, 0) is 0 Å². The standard InChI is InChI=1S/C11H22N2/c1-11(4-2-5-11)10-13-8-3-6-12-7-9-13/h12H,2-10H2,1H3. The van der Waals surface area contributed by atoms with Crippen LogP contribution in [0.1, 0.15) is 32.6 Å². The first kappa shape index (κ1) is 9.47. The Kier molecular flexibility index (Phi) is 2.89. The van der Waals surface area contributed by atoms with Gasteiger partial charge in [-0.3, -0.25) is 0 Å². The molecule has 0 bridgehead atoms. The Balaban J connectivity index is 1.78. The van der Waals surface area contributed by atoms with Crippen molar-refractivity contribution in [2.24, 2.45) is 5.41 Å². The summed E-state index contributed by atoms with van der Waals surface area (Å²) in [6.07, 6.45) is 5.70. The minimum absolute atomic E-state index is 0.671. The summed E-state index contributed by atoms with van der Waals surface area (Å²) >= 11 is 0. The third-order valence-electron chi connectivity index (χ3n) is 3.60. The zero-order valence-corrected chi connectivity index (χ0v) is 8.81. The SMILES string of the molecule is CC1(CN2CCCNCC2)CCC1. The van der Waals surface area contributed by atoms with E-state index < -0.39 is 0 Å². The smallest absolute Gasteiger partial charge is 0.0107 e. The summed E-state index contributed by atoms with van der Waals surface area (Å²) in [5, 5.41) is 3.46. The van der Waals surface area contributed by atoms with E-state index in [1.54, 1.807) is 0 Å². The van der Waals surface area contributed by atoms with Gasteiger partial charge >= 0.3 is 0 Å². The molecule has 1 saturated heterocycles. The Morgan fingerprint density at radius 1 is 1.15 bits per heavy atom. The van der Waals surface area contributed by atoms with E-state index in [2.05, 4.69) is 17.1 Å². The molecule has 1 saturated carbocycles. The van der Waals surface area contributed by atoms with E-state index in [4.69, 9.17) is 0 Å². The molecule has 0 unspecified atom stereocenters. The zero-order valence-electron chi connectivity index (χ0n) is 8.81. The van der Waals surface area contributed by atoms with E-state index in [0.717, 1.165) is 0 Å². The quantitative estimate of drug-likeness (QED) is 0.696. The molecule has 0 aromatic carbocycles. The lowest BCUT2D eigenvalue weighted by molar-refractivity contribution is 0.0889. The van der Waals surface area contributed by atoms with Crippen LogP contribution >= 0.6 is 0 Å². The van der Waals surface area contributed by atoms with Crippen molar-refractivity contribution in [1.82, 2.24) is 10.2 Å². The van der Waals surface area contributed by atoms with Gasteiger partial charge in [0.2, 0.25) is 0 Å². The molecule has 1 N–H and O–H groups in total. The van der Waals surface area contributed by atoms with Gasteiger partial charge in [-0.05, 0) is 37.8 Å². The summed E-state index contributed by atoms with van der Waals surface area (Å²) in [6, 6.07) is 0. The molecule has 1 aliphatic carbocycles. The maximum Gasteiger partial charge on any atom is 0.0107 e. The monoisotopic (exact) mass is 182 g/mol. The summed E-state index contributed by atoms with van der Waals surface area (Å²) < 4.78 is 0. The van der Waals surface area contributed by atoms with Gasteiger partial charge in [-0.1, -0.05) is 13.3 Å². The van der Waals surface area contributed by atoms with Crippen LogP contribution in [0.25, 0.3) is 0 Å².